The van der Waals surface area contributed by atoms with Gasteiger partial charge in [0.1, 0.15) is 11.3 Å². The number of rotatable bonds is 5. The van der Waals surface area contributed by atoms with Crippen molar-refractivity contribution in [1.29, 1.82) is 0 Å². The fraction of sp³-hybridized carbons (Fsp3) is 0.0127. The maximum absolute atomic E-state index is 5.12. The first-order chi connectivity index (χ1) is 44.1. The summed E-state index contributed by atoms with van der Waals surface area (Å²) in [5.74, 6) is 1.86. The van der Waals surface area contributed by atoms with Crippen LogP contribution in [0.3, 0.4) is 0 Å². The number of aryl methyl sites for hydroxylation is 1. The number of hydrogen-bond acceptors (Lipinski definition) is 2. The van der Waals surface area contributed by atoms with E-state index in [0.717, 1.165) is 78.7 Å². The normalized spacial score (nSPS) is 11.9. The van der Waals surface area contributed by atoms with Gasteiger partial charge in [-0.15, -0.1) is 0 Å². The van der Waals surface area contributed by atoms with Gasteiger partial charge in [0, 0.05) is 60.6 Å². The number of para-hydroxylation sites is 14. The smallest absolute Gasteiger partial charge is 0.220 e. The van der Waals surface area contributed by atoms with Crippen LogP contribution in [0.25, 0.3) is 150 Å². The lowest BCUT2D eigenvalue weighted by Crippen LogP contribution is -2.03. The molecule has 20 rings (SSSR count). The molecule has 20 aromatic rings. The molecule has 0 unspecified atom stereocenters. The SMILES string of the molecule is Cc1cccc(-n2c3ccccc3n3c4ccccc4nc23)c1.c1ccc(-n2c3ccccc3c3c4ccccc4[nH]c32)cc1.c1ccc(-n2c3ccccc3c3c4ccccc4n(-c4cccc(-n5c6ccccc6n6c7ccccc7nc56)c4)c32)cc1. The molecule has 0 saturated heterocycles. The Morgan fingerprint density at radius 1 is 0.270 bits per heavy atom. The van der Waals surface area contributed by atoms with E-state index in [2.05, 4.69) is 341 Å². The van der Waals surface area contributed by atoms with Gasteiger partial charge in [-0.2, -0.15) is 0 Å². The van der Waals surface area contributed by atoms with Crippen LogP contribution in [-0.4, -0.2) is 46.6 Å². The topological polar surface area (TPSA) is 75.0 Å². The van der Waals surface area contributed by atoms with Crippen molar-refractivity contribution in [3.63, 3.8) is 0 Å². The van der Waals surface area contributed by atoms with E-state index in [1.807, 2.05) is 6.07 Å². The van der Waals surface area contributed by atoms with E-state index in [1.54, 1.807) is 0 Å². The Bertz CT molecular complexity index is 6140. The summed E-state index contributed by atoms with van der Waals surface area (Å²) in [4.78, 5) is 13.6. The van der Waals surface area contributed by atoms with Gasteiger partial charge >= 0.3 is 0 Å². The minimum Gasteiger partial charge on any atom is -0.340 e. The second-order valence-corrected chi connectivity index (χ2v) is 22.8. The average Bonchev–Trinajstić information content (AvgIpc) is 1.59. The van der Waals surface area contributed by atoms with E-state index in [-0.39, 0.29) is 0 Å². The van der Waals surface area contributed by atoms with E-state index in [9.17, 15) is 0 Å². The van der Waals surface area contributed by atoms with Gasteiger partial charge in [0.15, 0.2) is 0 Å². The van der Waals surface area contributed by atoms with Crippen LogP contribution in [0.4, 0.5) is 0 Å². The minimum atomic E-state index is 0.908. The van der Waals surface area contributed by atoms with Crippen molar-refractivity contribution in [1.82, 2.24) is 46.6 Å². The zero-order chi connectivity index (χ0) is 58.7. The number of aromatic nitrogens is 10. The maximum Gasteiger partial charge on any atom is 0.220 e. The van der Waals surface area contributed by atoms with Crippen molar-refractivity contribution in [2.75, 3.05) is 0 Å². The second kappa shape index (κ2) is 20.0. The van der Waals surface area contributed by atoms with Gasteiger partial charge in [-0.3, -0.25) is 31.6 Å². The van der Waals surface area contributed by atoms with Crippen molar-refractivity contribution >= 4 is 121 Å². The monoisotopic (exact) mass is 1140 g/mol. The molecule has 8 aromatic heterocycles. The van der Waals surface area contributed by atoms with Gasteiger partial charge < -0.3 is 4.98 Å². The van der Waals surface area contributed by atoms with Crippen LogP contribution in [0.5, 0.6) is 0 Å². The van der Waals surface area contributed by atoms with Gasteiger partial charge in [0.25, 0.3) is 0 Å². The van der Waals surface area contributed by atoms with Crippen LogP contribution in [0, 0.1) is 6.92 Å². The lowest BCUT2D eigenvalue weighted by Gasteiger charge is -2.14. The largest absolute Gasteiger partial charge is 0.340 e. The third-order valence-corrected chi connectivity index (χ3v) is 17.6. The fourth-order valence-electron chi connectivity index (χ4n) is 14.0. The molecule has 0 radical (unpaired) electrons. The summed E-state index contributed by atoms with van der Waals surface area (Å²) in [6.45, 7) is 2.12. The van der Waals surface area contributed by atoms with Crippen molar-refractivity contribution in [2.24, 2.45) is 0 Å². The molecule has 8 heterocycles. The molecule has 420 valence electrons. The second-order valence-electron chi connectivity index (χ2n) is 22.8. The van der Waals surface area contributed by atoms with Crippen molar-refractivity contribution in [2.45, 2.75) is 6.92 Å². The highest BCUT2D eigenvalue weighted by Crippen LogP contribution is 2.42. The summed E-state index contributed by atoms with van der Waals surface area (Å²) >= 11 is 0. The molecule has 0 aliphatic heterocycles. The van der Waals surface area contributed by atoms with E-state index in [0.29, 0.717) is 0 Å². The lowest BCUT2D eigenvalue weighted by atomic mass is 10.1. The molecule has 0 fully saturated rings. The number of H-pyrrole nitrogens is 1. The third-order valence-electron chi connectivity index (χ3n) is 17.6. The molecule has 0 atom stereocenters. The number of imidazole rings is 4. The Morgan fingerprint density at radius 2 is 0.640 bits per heavy atom. The Kier molecular flexibility index (Phi) is 11.3. The molecule has 0 aliphatic carbocycles. The summed E-state index contributed by atoms with van der Waals surface area (Å²) in [5, 5.41) is 7.63. The first kappa shape index (κ1) is 50.2. The van der Waals surface area contributed by atoms with Crippen LogP contribution in [0.2, 0.25) is 0 Å². The summed E-state index contributed by atoms with van der Waals surface area (Å²) < 4.78 is 16.2. The molecule has 10 heteroatoms. The summed E-state index contributed by atoms with van der Waals surface area (Å²) in [7, 11) is 0. The van der Waals surface area contributed by atoms with Crippen LogP contribution >= 0.6 is 0 Å². The van der Waals surface area contributed by atoms with Crippen LogP contribution in [0.15, 0.2) is 303 Å². The van der Waals surface area contributed by atoms with E-state index >= 15 is 0 Å². The van der Waals surface area contributed by atoms with E-state index in [4.69, 9.17) is 9.97 Å². The van der Waals surface area contributed by atoms with Gasteiger partial charge in [-0.25, -0.2) is 9.97 Å². The molecule has 0 saturated carbocycles. The quantitative estimate of drug-likeness (QED) is 0.186. The molecular formula is C79H54N10. The Hall–Kier alpha value is -12.1. The molecule has 10 nitrogen and oxygen atoms in total. The Morgan fingerprint density at radius 3 is 1.18 bits per heavy atom. The van der Waals surface area contributed by atoms with Crippen molar-refractivity contribution in [3.05, 3.63) is 309 Å². The molecule has 0 spiro atoms. The zero-order valence-corrected chi connectivity index (χ0v) is 48.4. The van der Waals surface area contributed by atoms with Gasteiger partial charge in [0.05, 0.1) is 66.4 Å². The number of hydrogen-bond donors (Lipinski definition) is 1. The fourth-order valence-corrected chi connectivity index (χ4v) is 14.0. The van der Waals surface area contributed by atoms with E-state index < -0.39 is 0 Å². The van der Waals surface area contributed by atoms with Crippen LogP contribution < -0.4 is 0 Å². The Balaban J connectivity index is 0.000000110. The molecule has 0 amide bonds. The molecule has 12 aromatic carbocycles. The number of nitrogens with one attached hydrogen (secondary N) is 1. The first-order valence-electron chi connectivity index (χ1n) is 30.2. The van der Waals surface area contributed by atoms with Crippen molar-refractivity contribution in [3.8, 4) is 28.4 Å². The van der Waals surface area contributed by atoms with Gasteiger partial charge in [-0.1, -0.05) is 176 Å². The number of fused-ring (bicyclic) bond motifs is 20. The molecular weight excluding hydrogens is 1090 g/mol. The van der Waals surface area contributed by atoms with Crippen LogP contribution in [-0.2, 0) is 0 Å². The number of aromatic amines is 1. The summed E-state index contributed by atoms with van der Waals surface area (Å²) in [6.07, 6.45) is 0. The predicted molar refractivity (Wildman–Crippen MR) is 368 cm³/mol. The molecule has 1 N–H and O–H groups in total. The Labute approximate surface area is 509 Å². The highest BCUT2D eigenvalue weighted by Gasteiger charge is 2.24. The first-order valence-corrected chi connectivity index (χ1v) is 30.2. The highest BCUT2D eigenvalue weighted by atomic mass is 15.2. The predicted octanol–water partition coefficient (Wildman–Crippen LogP) is 19.5. The maximum atomic E-state index is 5.12. The van der Waals surface area contributed by atoms with Gasteiger partial charge in [0.2, 0.25) is 11.6 Å². The third kappa shape index (κ3) is 7.70. The minimum absolute atomic E-state index is 0.908. The van der Waals surface area contributed by atoms with Crippen molar-refractivity contribution < 1.29 is 0 Å². The number of benzene rings is 12. The molecule has 89 heavy (non-hydrogen) atoms. The zero-order valence-electron chi connectivity index (χ0n) is 48.4. The molecule has 0 bridgehead atoms. The standard InChI is InChI=1S/C39H25N5.C20H15N3.C20H14N2/c1-2-13-26(14-3-1)41-32-20-7-4-17-29(32)37-30-18-5-8-21-33(30)42(38(37)41)27-15-12-16-28(25-27)43-35-23-10-11-24-36(35)44-34-22-9-6-19-31(34)40-39(43)44;1-14-7-6-8-15(13-14)22-18-11-4-5-12-19(18)23-17-10-3-2-9-16(17)21-20(22)23;1-2-8-14(9-3-1)22-18-13-7-5-11-16(18)19-15-10-4-6-12-17(15)21-20(19)22/h1-25H;2-13H,1H3;1-13,21H. The van der Waals surface area contributed by atoms with Gasteiger partial charge in [-0.05, 0) is 140 Å². The summed E-state index contributed by atoms with van der Waals surface area (Å²) in [6, 6.07) is 107. The summed E-state index contributed by atoms with van der Waals surface area (Å²) in [5.41, 5.74) is 22.9. The van der Waals surface area contributed by atoms with Crippen LogP contribution in [0.1, 0.15) is 5.56 Å². The average molecular weight is 1140 g/mol. The lowest BCUT2D eigenvalue weighted by molar-refractivity contribution is 1.05. The highest BCUT2D eigenvalue weighted by molar-refractivity contribution is 6.23. The van der Waals surface area contributed by atoms with E-state index in [1.165, 1.54) is 76.7 Å². The molecule has 0 aliphatic rings. The number of nitrogens with zero attached hydrogens (tertiary/aromatic N) is 9.